The van der Waals surface area contributed by atoms with Crippen LogP contribution < -0.4 is 10.6 Å². The molecule has 2 N–H and O–H groups in total. The van der Waals surface area contributed by atoms with Gasteiger partial charge in [0.25, 0.3) is 5.91 Å². The maximum Gasteiger partial charge on any atom is 0.413 e. The molecule has 0 aliphatic carbocycles. The molecule has 4 rings (SSSR count). The van der Waals surface area contributed by atoms with Crippen LogP contribution in [0.1, 0.15) is 75.3 Å². The summed E-state index contributed by atoms with van der Waals surface area (Å²) in [4.78, 5) is 38.9. The van der Waals surface area contributed by atoms with E-state index in [-0.39, 0.29) is 29.6 Å². The summed E-state index contributed by atoms with van der Waals surface area (Å²) < 4.78 is 38.6. The normalized spacial score (nSPS) is 25.1. The van der Waals surface area contributed by atoms with Gasteiger partial charge in [0, 0.05) is 12.7 Å². The van der Waals surface area contributed by atoms with Gasteiger partial charge in [-0.25, -0.2) is 27.7 Å². The van der Waals surface area contributed by atoms with Crippen LogP contribution in [0.3, 0.4) is 0 Å². The number of nitrogens with one attached hydrogen (secondary N) is 2. The monoisotopic (exact) mass is 569 g/mol. The second-order valence-corrected chi connectivity index (χ2v) is 14.4. The van der Waals surface area contributed by atoms with E-state index in [1.54, 1.807) is 48.5 Å². The quantitative estimate of drug-likeness (QED) is 0.560. The molecule has 0 radical (unpaired) electrons. The number of pyridine rings is 2. The van der Waals surface area contributed by atoms with Crippen LogP contribution in [0.25, 0.3) is 0 Å². The molecule has 2 aromatic heterocycles. The number of aliphatic imine (C=N–C) groups is 1. The molecule has 2 aromatic rings. The van der Waals surface area contributed by atoms with Gasteiger partial charge in [-0.1, -0.05) is 0 Å². The summed E-state index contributed by atoms with van der Waals surface area (Å²) in [6.45, 7) is 12.0. The Hall–Kier alpha value is -3.92. The van der Waals surface area contributed by atoms with Crippen molar-refractivity contribution >= 4 is 33.4 Å². The Kier molecular flexibility index (Phi) is 7.21. The number of ether oxygens (including phenoxy) is 1. The van der Waals surface area contributed by atoms with Crippen molar-refractivity contribution in [2.75, 3.05) is 11.9 Å². The number of anilines is 1. The van der Waals surface area contributed by atoms with Crippen LogP contribution in [0.2, 0.25) is 0 Å². The summed E-state index contributed by atoms with van der Waals surface area (Å²) in [5, 5.41) is 13.6. The molecule has 0 saturated heterocycles. The zero-order chi connectivity index (χ0) is 29.7. The van der Waals surface area contributed by atoms with E-state index in [0.29, 0.717) is 17.5 Å². The van der Waals surface area contributed by atoms with E-state index < -0.39 is 48.7 Å². The lowest BCUT2D eigenvalue weighted by molar-refractivity contribution is 0.0560. The fourth-order valence-corrected chi connectivity index (χ4v) is 8.12. The van der Waals surface area contributed by atoms with Crippen LogP contribution in [0, 0.1) is 24.1 Å². The Balaban J connectivity index is 1.77. The second kappa shape index (κ2) is 9.92. The van der Waals surface area contributed by atoms with Gasteiger partial charge in [0.2, 0.25) is 0 Å². The summed E-state index contributed by atoms with van der Waals surface area (Å²) in [5.74, 6) is -1.25. The maximum absolute atomic E-state index is 15.5. The number of rotatable bonds is 3. The van der Waals surface area contributed by atoms with E-state index >= 15 is 4.39 Å². The molecule has 2 aliphatic heterocycles. The molecular formula is C27H32FN7O4S. The molecule has 0 fully saturated rings. The highest BCUT2D eigenvalue weighted by Crippen LogP contribution is 2.47. The predicted octanol–water partition coefficient (Wildman–Crippen LogP) is 4.22. The molecule has 0 aromatic carbocycles. The van der Waals surface area contributed by atoms with Crippen molar-refractivity contribution in [1.82, 2.24) is 15.3 Å². The van der Waals surface area contributed by atoms with Gasteiger partial charge < -0.3 is 10.1 Å². The third-order valence-corrected chi connectivity index (χ3v) is 10.6. The predicted molar refractivity (Wildman–Crippen MR) is 148 cm³/mol. The highest BCUT2D eigenvalue weighted by molar-refractivity contribution is 7.96. The van der Waals surface area contributed by atoms with Crippen LogP contribution in [-0.4, -0.2) is 54.2 Å². The standard InChI is InChI=1S/C27H32FN7O4S/c1-15-12-16(13-29)14-30-20(15)22(36)33-19-9-8-17(28)21(32-19)27(7)18-10-11-31-40(18,38)26(5,6)23(35-27)34-24(37)39-25(2,3)4/h8-9,12,14,18H,10-11H2,1-7H3,(H,32,33,36)(H,34,35,37)/t18?,27-,40?/m0/s1. The third kappa shape index (κ3) is 5.03. The van der Waals surface area contributed by atoms with Crippen molar-refractivity contribution in [2.24, 2.45) is 9.36 Å². The highest BCUT2D eigenvalue weighted by atomic mass is 32.2. The minimum Gasteiger partial charge on any atom is -0.444 e. The van der Waals surface area contributed by atoms with Crippen LogP contribution in [0.15, 0.2) is 33.8 Å². The van der Waals surface area contributed by atoms with Crippen LogP contribution in [-0.2, 0) is 20.0 Å². The SMILES string of the molecule is Cc1cc(C#N)cnc1C(=O)Nc1ccc(F)c([C@@]2(C)N=C(NC(=O)OC(C)(C)C)C(C)(C)S3(=O)=NCCC23)n1. The van der Waals surface area contributed by atoms with E-state index in [2.05, 4.69) is 25.0 Å². The van der Waals surface area contributed by atoms with Gasteiger partial charge in [-0.15, -0.1) is 0 Å². The van der Waals surface area contributed by atoms with Gasteiger partial charge in [0.1, 0.15) is 50.8 Å². The van der Waals surface area contributed by atoms with Gasteiger partial charge in [0.05, 0.1) is 20.5 Å². The first-order chi connectivity index (χ1) is 18.5. The van der Waals surface area contributed by atoms with Gasteiger partial charge in [-0.3, -0.25) is 15.1 Å². The van der Waals surface area contributed by atoms with E-state index in [0.717, 1.165) is 6.07 Å². The molecule has 2 amide bonds. The molecule has 0 bridgehead atoms. The largest absolute Gasteiger partial charge is 0.444 e. The van der Waals surface area contributed by atoms with Crippen molar-refractivity contribution in [1.29, 1.82) is 5.26 Å². The number of aryl methyl sites for hydroxylation is 1. The van der Waals surface area contributed by atoms with Gasteiger partial charge in [0.15, 0.2) is 0 Å². The number of aromatic nitrogens is 2. The number of amides is 2. The lowest BCUT2D eigenvalue weighted by Gasteiger charge is -2.44. The number of carbonyl (C=O) groups is 2. The Bertz CT molecular complexity index is 1600. The smallest absolute Gasteiger partial charge is 0.413 e. The van der Waals surface area contributed by atoms with Crippen LogP contribution in [0.5, 0.6) is 0 Å². The zero-order valence-corrected chi connectivity index (χ0v) is 24.3. The van der Waals surface area contributed by atoms with Crippen molar-refractivity contribution in [3.8, 4) is 6.07 Å². The molecule has 4 heterocycles. The molecule has 13 heteroatoms. The van der Waals surface area contributed by atoms with E-state index in [1.807, 2.05) is 6.07 Å². The summed E-state index contributed by atoms with van der Waals surface area (Å²) in [6.07, 6.45) is 0.860. The molecule has 212 valence electrons. The summed E-state index contributed by atoms with van der Waals surface area (Å²) >= 11 is 0. The molecule has 11 nitrogen and oxygen atoms in total. The number of hydrogen-bond acceptors (Lipinski definition) is 9. The fraction of sp³-hybridized carbons (Fsp3) is 0.481. The average Bonchev–Trinajstić information content (AvgIpc) is 3.27. The average molecular weight is 570 g/mol. The number of carbonyl (C=O) groups excluding carboxylic acids is 2. The van der Waals surface area contributed by atoms with Crippen molar-refractivity contribution in [2.45, 2.75) is 76.0 Å². The minimum atomic E-state index is -3.08. The lowest BCUT2D eigenvalue weighted by Crippen LogP contribution is -2.61. The van der Waals surface area contributed by atoms with Gasteiger partial charge in [-0.05, 0) is 78.6 Å². The molecule has 40 heavy (non-hydrogen) atoms. The summed E-state index contributed by atoms with van der Waals surface area (Å²) in [6, 6.07) is 5.94. The number of hydrogen-bond donors (Lipinski definition) is 2. The second-order valence-electron chi connectivity index (χ2n) is 11.4. The molecule has 2 aliphatic rings. The number of nitriles is 1. The third-order valence-electron chi connectivity index (χ3n) is 6.94. The Morgan fingerprint density at radius 1 is 1.23 bits per heavy atom. The van der Waals surface area contributed by atoms with Gasteiger partial charge >= 0.3 is 6.09 Å². The van der Waals surface area contributed by atoms with Crippen molar-refractivity contribution in [3.63, 3.8) is 0 Å². The number of fused-ring (bicyclic) bond motifs is 1. The van der Waals surface area contributed by atoms with Crippen LogP contribution in [0.4, 0.5) is 15.0 Å². The Morgan fingerprint density at radius 2 is 1.93 bits per heavy atom. The summed E-state index contributed by atoms with van der Waals surface area (Å²) in [5.41, 5.74) is -1.57. The Morgan fingerprint density at radius 3 is 2.55 bits per heavy atom. The first-order valence-electron chi connectivity index (χ1n) is 12.7. The number of amidine groups is 1. The lowest BCUT2D eigenvalue weighted by atomic mass is 9.89. The topological polar surface area (TPSA) is 159 Å². The number of nitrogens with zero attached hydrogens (tertiary/aromatic N) is 5. The number of alkyl carbamates (subject to hydrolysis) is 1. The number of halogens is 1. The fourth-order valence-electron chi connectivity index (χ4n) is 4.94. The summed E-state index contributed by atoms with van der Waals surface area (Å²) in [7, 11) is -3.08. The zero-order valence-electron chi connectivity index (χ0n) is 23.5. The van der Waals surface area contributed by atoms with Crippen molar-refractivity contribution in [3.05, 3.63) is 52.7 Å². The van der Waals surface area contributed by atoms with E-state index in [1.165, 1.54) is 18.3 Å². The van der Waals surface area contributed by atoms with Crippen LogP contribution >= 0.6 is 0 Å². The maximum atomic E-state index is 15.5. The molecule has 2 unspecified atom stereocenters. The van der Waals surface area contributed by atoms with E-state index in [4.69, 9.17) is 15.0 Å². The Labute approximate surface area is 232 Å². The molecular weight excluding hydrogens is 537 g/mol. The van der Waals surface area contributed by atoms with E-state index in [9.17, 15) is 13.8 Å². The molecule has 0 spiro atoms. The first-order valence-corrected chi connectivity index (χ1v) is 14.3. The minimum absolute atomic E-state index is 0.0244. The highest BCUT2D eigenvalue weighted by Gasteiger charge is 2.58. The molecule has 0 saturated carbocycles. The van der Waals surface area contributed by atoms with Crippen molar-refractivity contribution < 1.29 is 22.9 Å². The molecule has 3 atom stereocenters. The first kappa shape index (κ1) is 29.1. The van der Waals surface area contributed by atoms with Gasteiger partial charge in [-0.2, -0.15) is 5.26 Å².